The molecule has 0 aromatic heterocycles. The number of carbonyl (C=O) groups excluding carboxylic acids is 1. The van der Waals surface area contributed by atoms with E-state index in [-0.39, 0.29) is 47.4 Å². The number of carbonyl (C=O) groups is 1. The number of primary sulfonamides is 1. The largest absolute Gasteiger partial charge is 0.379 e. The number of nitrogens with one attached hydrogen (secondary N) is 2. The first-order chi connectivity index (χ1) is 13.6. The first-order valence-corrected chi connectivity index (χ1v) is 11.1. The number of benzene rings is 1. The number of likely N-dealkylation sites (N-methyl/N-ethyl adjacent to an activating group) is 1. The number of amides is 1. The summed E-state index contributed by atoms with van der Waals surface area (Å²) >= 11 is 0. The molecule has 0 aliphatic heterocycles. The van der Waals surface area contributed by atoms with Crippen molar-refractivity contribution in [2.45, 2.75) is 44.2 Å². The summed E-state index contributed by atoms with van der Waals surface area (Å²) in [5.41, 5.74) is 0.822. The second-order valence-corrected chi connectivity index (χ2v) is 8.61. The molecule has 1 aromatic rings. The van der Waals surface area contributed by atoms with Crippen LogP contribution in [-0.2, 0) is 26.1 Å². The maximum atomic E-state index is 11.8. The van der Waals surface area contributed by atoms with Crippen LogP contribution in [0.4, 0.5) is 0 Å². The lowest BCUT2D eigenvalue weighted by Gasteiger charge is -2.15. The lowest BCUT2D eigenvalue weighted by Crippen LogP contribution is -2.43. The average Bonchev–Trinajstić information content (AvgIpc) is 2.64. The lowest BCUT2D eigenvalue weighted by molar-refractivity contribution is -0.127. The molecule has 9 nitrogen and oxygen atoms in total. The van der Waals surface area contributed by atoms with Gasteiger partial charge >= 0.3 is 0 Å². The van der Waals surface area contributed by atoms with Crippen molar-refractivity contribution in [3.05, 3.63) is 29.8 Å². The lowest BCUT2D eigenvalue weighted by atomic mass is 10.2. The average molecular weight is 555 g/mol. The third-order valence-electron chi connectivity index (χ3n) is 3.89. The molecule has 0 bridgehead atoms. The summed E-state index contributed by atoms with van der Waals surface area (Å²) < 4.78 is 28.2. The number of hydrogen-bond acceptors (Lipinski definition) is 5. The van der Waals surface area contributed by atoms with Gasteiger partial charge in [-0.15, -0.1) is 24.0 Å². The van der Waals surface area contributed by atoms with E-state index in [9.17, 15) is 13.2 Å². The van der Waals surface area contributed by atoms with Gasteiger partial charge in [0.2, 0.25) is 15.9 Å². The van der Waals surface area contributed by atoms with Gasteiger partial charge in [0.05, 0.1) is 24.1 Å². The Morgan fingerprint density at radius 2 is 1.80 bits per heavy atom. The molecule has 1 rings (SSSR count). The molecule has 11 heteroatoms. The Bertz CT molecular complexity index is 768. The smallest absolute Gasteiger partial charge is 0.241 e. The van der Waals surface area contributed by atoms with E-state index < -0.39 is 10.0 Å². The van der Waals surface area contributed by atoms with Crippen LogP contribution >= 0.6 is 24.0 Å². The summed E-state index contributed by atoms with van der Waals surface area (Å²) in [4.78, 5) is 17.9. The molecular weight excluding hydrogens is 521 g/mol. The molecule has 0 saturated heterocycles. The Kier molecular flexibility index (Phi) is 13.8. The molecule has 172 valence electrons. The highest BCUT2D eigenvalue weighted by molar-refractivity contribution is 14.0. The second kappa shape index (κ2) is 14.5. The molecule has 0 aliphatic carbocycles. The molecule has 4 N–H and O–H groups in total. The van der Waals surface area contributed by atoms with Gasteiger partial charge in [0, 0.05) is 27.2 Å². The number of rotatable bonds is 11. The van der Waals surface area contributed by atoms with Crippen molar-refractivity contribution in [1.29, 1.82) is 0 Å². The number of guanidine groups is 1. The van der Waals surface area contributed by atoms with Crippen LogP contribution in [0.3, 0.4) is 0 Å². The van der Waals surface area contributed by atoms with E-state index >= 15 is 0 Å². The van der Waals surface area contributed by atoms with Crippen LogP contribution in [0.15, 0.2) is 34.2 Å². The third-order valence-corrected chi connectivity index (χ3v) is 4.82. The van der Waals surface area contributed by atoms with E-state index in [0.717, 1.165) is 18.4 Å². The summed E-state index contributed by atoms with van der Waals surface area (Å²) in [6.45, 7) is 5.85. The fraction of sp³-hybridized carbons (Fsp3) is 0.579. The molecule has 0 atom stereocenters. The van der Waals surface area contributed by atoms with Crippen LogP contribution in [-0.4, -0.2) is 65.1 Å². The van der Waals surface area contributed by atoms with Crippen LogP contribution in [0.25, 0.3) is 0 Å². The summed E-state index contributed by atoms with van der Waals surface area (Å²) in [5, 5.41) is 11.3. The van der Waals surface area contributed by atoms with Crippen molar-refractivity contribution < 1.29 is 17.9 Å². The SMILES string of the molecule is CC(C)OCCCCNC(=NCc1ccc(S(N)(=O)=O)cc1)NCC(=O)N(C)C.I. The number of hydrogen-bond donors (Lipinski definition) is 3. The molecule has 0 spiro atoms. The van der Waals surface area contributed by atoms with E-state index in [4.69, 9.17) is 9.88 Å². The quantitative estimate of drug-likeness (QED) is 0.164. The van der Waals surface area contributed by atoms with Crippen molar-refractivity contribution >= 4 is 45.9 Å². The molecular formula is C19H34IN5O4S. The van der Waals surface area contributed by atoms with Crippen molar-refractivity contribution in [3.63, 3.8) is 0 Å². The van der Waals surface area contributed by atoms with Crippen LogP contribution in [0, 0.1) is 0 Å². The number of halogens is 1. The summed E-state index contributed by atoms with van der Waals surface area (Å²) in [7, 11) is -0.334. The zero-order valence-electron chi connectivity index (χ0n) is 18.1. The predicted molar refractivity (Wildman–Crippen MR) is 129 cm³/mol. The van der Waals surface area contributed by atoms with Crippen molar-refractivity contribution in [3.8, 4) is 0 Å². The van der Waals surface area contributed by atoms with Gasteiger partial charge in [0.1, 0.15) is 0 Å². The van der Waals surface area contributed by atoms with Crippen molar-refractivity contribution in [2.24, 2.45) is 10.1 Å². The van der Waals surface area contributed by atoms with Crippen LogP contribution in [0.2, 0.25) is 0 Å². The van der Waals surface area contributed by atoms with Gasteiger partial charge in [0.25, 0.3) is 0 Å². The maximum absolute atomic E-state index is 11.8. The number of nitrogens with two attached hydrogens (primary N) is 1. The number of ether oxygens (including phenoxy) is 1. The van der Waals surface area contributed by atoms with Gasteiger partial charge < -0.3 is 20.3 Å². The van der Waals surface area contributed by atoms with Gasteiger partial charge in [0.15, 0.2) is 5.96 Å². The minimum Gasteiger partial charge on any atom is -0.379 e. The van der Waals surface area contributed by atoms with Gasteiger partial charge in [-0.2, -0.15) is 0 Å². The van der Waals surface area contributed by atoms with Gasteiger partial charge in [-0.3, -0.25) is 4.79 Å². The van der Waals surface area contributed by atoms with Crippen LogP contribution in [0.5, 0.6) is 0 Å². The Hall–Kier alpha value is -1.44. The normalized spacial score (nSPS) is 11.7. The molecule has 0 saturated carbocycles. The summed E-state index contributed by atoms with van der Waals surface area (Å²) in [5.74, 6) is 0.447. The molecule has 0 radical (unpaired) electrons. The highest BCUT2D eigenvalue weighted by Crippen LogP contribution is 2.09. The monoisotopic (exact) mass is 555 g/mol. The van der Waals surface area contributed by atoms with E-state index in [1.165, 1.54) is 17.0 Å². The predicted octanol–water partition coefficient (Wildman–Crippen LogP) is 1.28. The maximum Gasteiger partial charge on any atom is 0.241 e. The second-order valence-electron chi connectivity index (χ2n) is 7.05. The van der Waals surface area contributed by atoms with E-state index in [1.807, 2.05) is 13.8 Å². The van der Waals surface area contributed by atoms with Crippen LogP contribution < -0.4 is 15.8 Å². The number of unbranched alkanes of at least 4 members (excludes halogenated alkanes) is 1. The molecule has 1 aromatic carbocycles. The van der Waals surface area contributed by atoms with Crippen molar-refractivity contribution in [2.75, 3.05) is 33.8 Å². The molecule has 0 fully saturated rings. The molecule has 0 unspecified atom stereocenters. The van der Waals surface area contributed by atoms with Gasteiger partial charge in [-0.25, -0.2) is 18.5 Å². The molecule has 0 aliphatic rings. The Balaban J connectivity index is 0.00000841. The fourth-order valence-corrected chi connectivity index (χ4v) is 2.71. The van der Waals surface area contributed by atoms with E-state index in [1.54, 1.807) is 26.2 Å². The van der Waals surface area contributed by atoms with E-state index in [2.05, 4.69) is 15.6 Å². The molecule has 1 amide bonds. The number of aliphatic imine (C=N–C) groups is 1. The summed E-state index contributed by atoms with van der Waals surface area (Å²) in [6.07, 6.45) is 2.04. The van der Waals surface area contributed by atoms with E-state index in [0.29, 0.717) is 25.7 Å². The Morgan fingerprint density at radius 1 is 1.17 bits per heavy atom. The Morgan fingerprint density at radius 3 is 2.33 bits per heavy atom. The summed E-state index contributed by atoms with van der Waals surface area (Å²) in [6, 6.07) is 6.22. The first-order valence-electron chi connectivity index (χ1n) is 9.55. The standard InChI is InChI=1S/C19H33N5O4S.HI/c1-15(2)28-12-6-5-11-21-19(23-14-18(25)24(3)4)22-13-16-7-9-17(10-8-16)29(20,26)27;/h7-10,15H,5-6,11-14H2,1-4H3,(H2,20,26,27)(H2,21,22,23);1H. The third kappa shape index (κ3) is 12.3. The molecule has 30 heavy (non-hydrogen) atoms. The topological polar surface area (TPSA) is 126 Å². The zero-order chi connectivity index (χ0) is 21.9. The minimum atomic E-state index is -3.72. The van der Waals surface area contributed by atoms with Crippen LogP contribution in [0.1, 0.15) is 32.3 Å². The van der Waals surface area contributed by atoms with Gasteiger partial charge in [-0.05, 0) is 44.4 Å². The first kappa shape index (κ1) is 28.6. The number of sulfonamides is 1. The zero-order valence-corrected chi connectivity index (χ0v) is 21.2. The fourth-order valence-electron chi connectivity index (χ4n) is 2.20. The highest BCUT2D eigenvalue weighted by atomic mass is 127. The highest BCUT2D eigenvalue weighted by Gasteiger charge is 2.08. The van der Waals surface area contributed by atoms with Gasteiger partial charge in [-0.1, -0.05) is 12.1 Å². The molecule has 0 heterocycles. The number of nitrogens with zero attached hydrogens (tertiary/aromatic N) is 2. The van der Waals surface area contributed by atoms with Crippen molar-refractivity contribution in [1.82, 2.24) is 15.5 Å². The Labute approximate surface area is 196 Å². The minimum absolute atomic E-state index is 0.